The molecule has 1 fully saturated rings. The van der Waals surface area contributed by atoms with Crippen LogP contribution in [0.2, 0.25) is 5.02 Å². The van der Waals surface area contributed by atoms with Crippen LogP contribution in [-0.2, 0) is 7.05 Å². The Kier molecular flexibility index (Phi) is 4.90. The van der Waals surface area contributed by atoms with Gasteiger partial charge in [0.1, 0.15) is 18.2 Å². The fourth-order valence-electron chi connectivity index (χ4n) is 2.09. The van der Waals surface area contributed by atoms with Crippen molar-refractivity contribution in [2.24, 2.45) is 7.05 Å². The van der Waals surface area contributed by atoms with Crippen molar-refractivity contribution in [3.63, 3.8) is 0 Å². The lowest BCUT2D eigenvalue weighted by Gasteiger charge is -2.12. The molecule has 2 aromatic rings. The third kappa shape index (κ3) is 3.94. The predicted octanol–water partition coefficient (Wildman–Crippen LogP) is 2.88. The lowest BCUT2D eigenvalue weighted by molar-refractivity contribution is 0.126. The van der Waals surface area contributed by atoms with Gasteiger partial charge in [0.2, 0.25) is 0 Å². The molecule has 0 saturated heterocycles. The molecular weight excluding hydrogens is 322 g/mol. The van der Waals surface area contributed by atoms with Gasteiger partial charge in [-0.05, 0) is 37.1 Å². The van der Waals surface area contributed by atoms with E-state index in [1.54, 1.807) is 24.3 Å². The summed E-state index contributed by atoms with van der Waals surface area (Å²) in [6, 6.07) is 7.09. The Bertz CT molecular complexity index is 628. The summed E-state index contributed by atoms with van der Waals surface area (Å²) >= 11 is 7.31. The number of aromatic nitrogens is 3. The lowest BCUT2D eigenvalue weighted by atomic mass is 10.3. The fraction of sp³-hybridized carbons (Fsp3) is 0.467. The van der Waals surface area contributed by atoms with Crippen molar-refractivity contribution in [1.82, 2.24) is 14.8 Å². The van der Waals surface area contributed by atoms with E-state index in [1.165, 1.54) is 24.6 Å². The summed E-state index contributed by atoms with van der Waals surface area (Å²) in [5, 5.41) is 19.9. The summed E-state index contributed by atoms with van der Waals surface area (Å²) < 4.78 is 7.55. The summed E-state index contributed by atoms with van der Waals surface area (Å²) in [5.74, 6) is 2.84. The number of rotatable bonds is 7. The summed E-state index contributed by atoms with van der Waals surface area (Å²) in [6.07, 6.45) is 1.84. The summed E-state index contributed by atoms with van der Waals surface area (Å²) in [6.45, 7) is 0.238. The monoisotopic (exact) mass is 339 g/mol. The number of aliphatic hydroxyl groups is 1. The van der Waals surface area contributed by atoms with Crippen LogP contribution in [0.4, 0.5) is 0 Å². The van der Waals surface area contributed by atoms with Gasteiger partial charge in [-0.2, -0.15) is 0 Å². The number of hydrogen-bond acceptors (Lipinski definition) is 5. The van der Waals surface area contributed by atoms with Crippen molar-refractivity contribution in [2.75, 3.05) is 12.4 Å². The second-order valence-corrected chi connectivity index (χ2v) is 6.83. The summed E-state index contributed by atoms with van der Waals surface area (Å²) in [4.78, 5) is 0. The highest BCUT2D eigenvalue weighted by atomic mass is 35.5. The molecule has 1 aromatic heterocycles. The van der Waals surface area contributed by atoms with E-state index < -0.39 is 6.10 Å². The van der Waals surface area contributed by atoms with Gasteiger partial charge < -0.3 is 14.4 Å². The van der Waals surface area contributed by atoms with Gasteiger partial charge in [0.05, 0.1) is 6.10 Å². The summed E-state index contributed by atoms with van der Waals surface area (Å²) in [7, 11) is 1.98. The molecule has 1 atom stereocenters. The zero-order valence-corrected chi connectivity index (χ0v) is 13.8. The van der Waals surface area contributed by atoms with Gasteiger partial charge in [-0.1, -0.05) is 23.4 Å². The number of hydrogen-bond donors (Lipinski definition) is 1. The van der Waals surface area contributed by atoms with Gasteiger partial charge in [-0.15, -0.1) is 10.2 Å². The van der Waals surface area contributed by atoms with Crippen LogP contribution in [0.3, 0.4) is 0 Å². The maximum atomic E-state index is 10.0. The first kappa shape index (κ1) is 15.6. The minimum atomic E-state index is -0.568. The molecule has 1 saturated carbocycles. The molecule has 22 heavy (non-hydrogen) atoms. The second kappa shape index (κ2) is 6.89. The van der Waals surface area contributed by atoms with Crippen LogP contribution in [-0.4, -0.2) is 38.3 Å². The smallest absolute Gasteiger partial charge is 0.191 e. The minimum Gasteiger partial charge on any atom is -0.491 e. The maximum Gasteiger partial charge on any atom is 0.191 e. The van der Waals surface area contributed by atoms with Crippen LogP contribution < -0.4 is 4.74 Å². The van der Waals surface area contributed by atoms with Crippen molar-refractivity contribution in [1.29, 1.82) is 0 Å². The number of ether oxygens (including phenoxy) is 1. The third-order valence-corrected chi connectivity index (χ3v) is 4.89. The highest BCUT2D eigenvalue weighted by molar-refractivity contribution is 7.99. The molecule has 0 amide bonds. The van der Waals surface area contributed by atoms with E-state index in [0.29, 0.717) is 22.4 Å². The van der Waals surface area contributed by atoms with Gasteiger partial charge in [-0.3, -0.25) is 0 Å². The molecule has 1 aliphatic rings. The van der Waals surface area contributed by atoms with Gasteiger partial charge in [0, 0.05) is 23.7 Å². The first-order valence-corrected chi connectivity index (χ1v) is 8.58. The molecule has 1 aromatic carbocycles. The van der Waals surface area contributed by atoms with E-state index in [0.717, 1.165) is 11.0 Å². The average Bonchev–Trinajstić information content (AvgIpc) is 3.29. The number of thioether (sulfide) groups is 1. The van der Waals surface area contributed by atoms with Crippen LogP contribution in [0.5, 0.6) is 5.75 Å². The van der Waals surface area contributed by atoms with Crippen molar-refractivity contribution in [3.05, 3.63) is 35.1 Å². The van der Waals surface area contributed by atoms with Crippen LogP contribution >= 0.6 is 23.4 Å². The third-order valence-electron chi connectivity index (χ3n) is 3.47. The number of aliphatic hydroxyl groups excluding tert-OH is 1. The topological polar surface area (TPSA) is 60.2 Å². The predicted molar refractivity (Wildman–Crippen MR) is 86.7 cm³/mol. The Labute approximate surface area is 138 Å². The Hall–Kier alpha value is -1.24. The molecule has 0 bridgehead atoms. The fourth-order valence-corrected chi connectivity index (χ4v) is 3.04. The first-order chi connectivity index (χ1) is 10.6. The Morgan fingerprint density at radius 1 is 1.36 bits per heavy atom. The SMILES string of the molecule is Cn1c(SCC(O)COc2ccc(Cl)cc2)nnc1C1CC1. The van der Waals surface area contributed by atoms with Gasteiger partial charge in [0.15, 0.2) is 5.16 Å². The van der Waals surface area contributed by atoms with Crippen molar-refractivity contribution in [2.45, 2.75) is 30.0 Å². The second-order valence-electron chi connectivity index (χ2n) is 5.40. The molecule has 5 nitrogen and oxygen atoms in total. The highest BCUT2D eigenvalue weighted by Gasteiger charge is 2.29. The number of halogens is 1. The van der Waals surface area contributed by atoms with Gasteiger partial charge in [0.25, 0.3) is 0 Å². The van der Waals surface area contributed by atoms with Crippen LogP contribution in [0, 0.1) is 0 Å². The molecule has 1 N–H and O–H groups in total. The zero-order valence-electron chi connectivity index (χ0n) is 12.3. The minimum absolute atomic E-state index is 0.238. The average molecular weight is 340 g/mol. The number of nitrogens with zero attached hydrogens (tertiary/aromatic N) is 3. The molecule has 118 valence electrons. The van der Waals surface area contributed by atoms with E-state index in [4.69, 9.17) is 16.3 Å². The number of benzene rings is 1. The molecule has 0 aliphatic heterocycles. The molecule has 1 aliphatic carbocycles. The molecule has 1 unspecified atom stereocenters. The highest BCUT2D eigenvalue weighted by Crippen LogP contribution is 2.39. The van der Waals surface area contributed by atoms with Crippen LogP contribution in [0.25, 0.3) is 0 Å². The molecule has 3 rings (SSSR count). The van der Waals surface area contributed by atoms with E-state index in [2.05, 4.69) is 10.2 Å². The molecule has 7 heteroatoms. The van der Waals surface area contributed by atoms with E-state index in [-0.39, 0.29) is 6.61 Å². The first-order valence-electron chi connectivity index (χ1n) is 7.22. The molecule has 1 heterocycles. The van der Waals surface area contributed by atoms with Crippen LogP contribution in [0.1, 0.15) is 24.6 Å². The standard InChI is InChI=1S/C15H18ClN3O2S/c1-19-14(10-2-3-10)17-18-15(19)22-9-12(20)8-21-13-6-4-11(16)5-7-13/h4-7,10,12,20H,2-3,8-9H2,1H3. The van der Waals surface area contributed by atoms with Crippen molar-refractivity contribution < 1.29 is 9.84 Å². The van der Waals surface area contributed by atoms with E-state index >= 15 is 0 Å². The molecule has 0 radical (unpaired) electrons. The van der Waals surface area contributed by atoms with Gasteiger partial charge >= 0.3 is 0 Å². The Balaban J connectivity index is 1.45. The van der Waals surface area contributed by atoms with Gasteiger partial charge in [-0.25, -0.2) is 0 Å². The normalized spacial score (nSPS) is 15.8. The molecular formula is C15H18ClN3O2S. The van der Waals surface area contributed by atoms with E-state index in [9.17, 15) is 5.11 Å². The quantitative estimate of drug-likeness (QED) is 0.786. The maximum absolute atomic E-state index is 10.0. The molecule has 0 spiro atoms. The Morgan fingerprint density at radius 2 is 2.09 bits per heavy atom. The lowest BCUT2D eigenvalue weighted by Crippen LogP contribution is -2.20. The van der Waals surface area contributed by atoms with E-state index in [1.807, 2.05) is 11.6 Å². The van der Waals surface area contributed by atoms with Crippen molar-refractivity contribution >= 4 is 23.4 Å². The zero-order chi connectivity index (χ0) is 15.5. The summed E-state index contributed by atoms with van der Waals surface area (Å²) in [5.41, 5.74) is 0. The Morgan fingerprint density at radius 3 is 2.77 bits per heavy atom. The largest absolute Gasteiger partial charge is 0.491 e. The van der Waals surface area contributed by atoms with Crippen molar-refractivity contribution in [3.8, 4) is 5.75 Å². The van der Waals surface area contributed by atoms with Crippen LogP contribution in [0.15, 0.2) is 29.4 Å².